The maximum absolute atomic E-state index is 12.0. The van der Waals surface area contributed by atoms with Crippen LogP contribution in [0.2, 0.25) is 0 Å². The summed E-state index contributed by atoms with van der Waals surface area (Å²) in [6, 6.07) is 8.45. The monoisotopic (exact) mass is 231 g/mol. The van der Waals surface area contributed by atoms with Crippen LogP contribution in [0.25, 0.3) is 0 Å². The predicted molar refractivity (Wildman–Crippen MR) is 62.0 cm³/mol. The fraction of sp³-hybridized carbons (Fsp3) is 0.231. The zero-order valence-corrected chi connectivity index (χ0v) is 9.46. The van der Waals surface area contributed by atoms with Gasteiger partial charge in [0.15, 0.2) is 6.23 Å². The number of carbonyl (C=O) groups is 2. The van der Waals surface area contributed by atoms with Crippen molar-refractivity contribution in [3.05, 3.63) is 47.5 Å². The van der Waals surface area contributed by atoms with Gasteiger partial charge in [0.2, 0.25) is 0 Å². The molecular formula is C13H13NO3. The first kappa shape index (κ1) is 11.5. The lowest BCUT2D eigenvalue weighted by Gasteiger charge is -2.20. The molecule has 0 bridgehead atoms. The second-order valence-corrected chi connectivity index (χ2v) is 3.83. The van der Waals surface area contributed by atoms with Crippen molar-refractivity contribution in [3.8, 4) is 0 Å². The Labute approximate surface area is 99.2 Å². The first-order valence-corrected chi connectivity index (χ1v) is 5.46. The summed E-state index contributed by atoms with van der Waals surface area (Å²) in [7, 11) is 0. The lowest BCUT2D eigenvalue weighted by atomic mass is 10.2. The number of carbonyl (C=O) groups excluding carboxylic acids is 2. The quantitative estimate of drug-likeness (QED) is 0.781. The van der Waals surface area contributed by atoms with Crippen LogP contribution in [0.3, 0.4) is 0 Å². The maximum atomic E-state index is 12.0. The average molecular weight is 231 g/mol. The summed E-state index contributed by atoms with van der Waals surface area (Å²) in [5, 5.41) is 9.87. The molecule has 0 radical (unpaired) electrons. The standard InChI is InChI=1S/C13H13NO3/c1-2-9-8-11(15)14(12(9)16)13(17)10-6-4-3-5-7-10/h3-8,12,16H,2H2,1H3. The van der Waals surface area contributed by atoms with E-state index in [1.54, 1.807) is 30.3 Å². The van der Waals surface area contributed by atoms with Crippen molar-refractivity contribution in [2.45, 2.75) is 19.6 Å². The molecule has 1 heterocycles. The van der Waals surface area contributed by atoms with Gasteiger partial charge >= 0.3 is 0 Å². The van der Waals surface area contributed by atoms with Crippen LogP contribution in [-0.2, 0) is 4.79 Å². The fourth-order valence-electron chi connectivity index (χ4n) is 1.80. The molecule has 1 atom stereocenters. The van der Waals surface area contributed by atoms with Gasteiger partial charge in [-0.3, -0.25) is 9.59 Å². The number of nitrogens with zero attached hydrogens (tertiary/aromatic N) is 1. The summed E-state index contributed by atoms with van der Waals surface area (Å²) in [5.74, 6) is -0.925. The average Bonchev–Trinajstić information content (AvgIpc) is 2.64. The maximum Gasteiger partial charge on any atom is 0.263 e. The lowest BCUT2D eigenvalue weighted by Crippen LogP contribution is -2.40. The largest absolute Gasteiger partial charge is 0.369 e. The van der Waals surface area contributed by atoms with Crippen LogP contribution < -0.4 is 0 Å². The fourth-order valence-corrected chi connectivity index (χ4v) is 1.80. The number of hydrogen-bond donors (Lipinski definition) is 1. The highest BCUT2D eigenvalue weighted by Gasteiger charge is 2.35. The molecule has 2 rings (SSSR count). The molecule has 1 aliphatic rings. The molecule has 1 unspecified atom stereocenters. The van der Waals surface area contributed by atoms with Gasteiger partial charge in [0, 0.05) is 11.6 Å². The Kier molecular flexibility index (Phi) is 3.06. The second-order valence-electron chi connectivity index (χ2n) is 3.83. The predicted octanol–water partition coefficient (Wildman–Crippen LogP) is 1.32. The first-order valence-electron chi connectivity index (χ1n) is 5.46. The van der Waals surface area contributed by atoms with Gasteiger partial charge in [0.05, 0.1) is 0 Å². The summed E-state index contributed by atoms with van der Waals surface area (Å²) in [5.41, 5.74) is 0.963. The smallest absolute Gasteiger partial charge is 0.263 e. The van der Waals surface area contributed by atoms with Crippen LogP contribution in [-0.4, -0.2) is 28.0 Å². The summed E-state index contributed by atoms with van der Waals surface area (Å²) < 4.78 is 0. The number of imide groups is 1. The van der Waals surface area contributed by atoms with Crippen LogP contribution in [0, 0.1) is 0 Å². The topological polar surface area (TPSA) is 57.6 Å². The zero-order valence-electron chi connectivity index (χ0n) is 9.46. The van der Waals surface area contributed by atoms with Gasteiger partial charge < -0.3 is 5.11 Å². The molecule has 1 aliphatic heterocycles. The summed E-state index contributed by atoms with van der Waals surface area (Å²) in [6.45, 7) is 1.83. The van der Waals surface area contributed by atoms with E-state index in [9.17, 15) is 14.7 Å². The van der Waals surface area contributed by atoms with Crippen molar-refractivity contribution in [2.75, 3.05) is 0 Å². The van der Waals surface area contributed by atoms with Crippen LogP contribution >= 0.6 is 0 Å². The summed E-state index contributed by atoms with van der Waals surface area (Å²) in [6.07, 6.45) is 0.747. The Hall–Kier alpha value is -1.94. The van der Waals surface area contributed by atoms with Gasteiger partial charge in [0.1, 0.15) is 0 Å². The van der Waals surface area contributed by atoms with Gasteiger partial charge in [-0.25, -0.2) is 4.90 Å². The minimum Gasteiger partial charge on any atom is -0.369 e. The lowest BCUT2D eigenvalue weighted by molar-refractivity contribution is -0.127. The molecule has 0 aliphatic carbocycles. The molecular weight excluding hydrogens is 218 g/mol. The van der Waals surface area contributed by atoms with Crippen molar-refractivity contribution in [1.29, 1.82) is 0 Å². The molecule has 1 aromatic carbocycles. The van der Waals surface area contributed by atoms with Crippen molar-refractivity contribution in [1.82, 2.24) is 4.90 Å². The highest BCUT2D eigenvalue weighted by molar-refractivity contribution is 6.10. The first-order chi connectivity index (χ1) is 8.15. The number of aliphatic hydroxyl groups is 1. The third kappa shape index (κ3) is 1.99. The van der Waals surface area contributed by atoms with Gasteiger partial charge in [-0.2, -0.15) is 0 Å². The molecule has 17 heavy (non-hydrogen) atoms. The van der Waals surface area contributed by atoms with Crippen LogP contribution in [0.1, 0.15) is 23.7 Å². The van der Waals surface area contributed by atoms with Crippen LogP contribution in [0.4, 0.5) is 0 Å². The number of benzene rings is 1. The minimum atomic E-state index is -1.12. The van der Waals surface area contributed by atoms with Crippen molar-refractivity contribution < 1.29 is 14.7 Å². The number of amides is 2. The molecule has 0 saturated heterocycles. The number of rotatable bonds is 2. The van der Waals surface area contributed by atoms with Gasteiger partial charge in [-0.1, -0.05) is 25.1 Å². The Morgan fingerprint density at radius 2 is 2.00 bits per heavy atom. The van der Waals surface area contributed by atoms with E-state index in [-0.39, 0.29) is 0 Å². The Bertz CT molecular complexity index is 479. The molecule has 0 spiro atoms. The van der Waals surface area contributed by atoms with Gasteiger partial charge in [0.25, 0.3) is 11.8 Å². The molecule has 0 fully saturated rings. The van der Waals surface area contributed by atoms with E-state index in [0.717, 1.165) is 4.90 Å². The molecule has 88 valence electrons. The van der Waals surface area contributed by atoms with E-state index in [1.165, 1.54) is 6.08 Å². The van der Waals surface area contributed by atoms with E-state index >= 15 is 0 Å². The van der Waals surface area contributed by atoms with Crippen molar-refractivity contribution >= 4 is 11.8 Å². The van der Waals surface area contributed by atoms with E-state index in [2.05, 4.69) is 0 Å². The third-order valence-corrected chi connectivity index (χ3v) is 2.77. The molecule has 4 nitrogen and oxygen atoms in total. The molecule has 0 aromatic heterocycles. The Morgan fingerprint density at radius 1 is 1.35 bits per heavy atom. The van der Waals surface area contributed by atoms with E-state index in [0.29, 0.717) is 17.6 Å². The number of aliphatic hydroxyl groups excluding tert-OH is 1. The summed E-state index contributed by atoms with van der Waals surface area (Å²) in [4.78, 5) is 24.6. The number of hydrogen-bond acceptors (Lipinski definition) is 3. The Balaban J connectivity index is 2.26. The van der Waals surface area contributed by atoms with E-state index < -0.39 is 18.0 Å². The van der Waals surface area contributed by atoms with E-state index in [1.807, 2.05) is 6.92 Å². The molecule has 2 amide bonds. The SMILES string of the molecule is CCC1=CC(=O)N(C(=O)c2ccccc2)C1O. The zero-order chi connectivity index (χ0) is 12.4. The van der Waals surface area contributed by atoms with Gasteiger partial charge in [-0.05, 0) is 24.1 Å². The molecule has 0 saturated carbocycles. The van der Waals surface area contributed by atoms with Gasteiger partial charge in [-0.15, -0.1) is 0 Å². The van der Waals surface area contributed by atoms with Crippen LogP contribution in [0.5, 0.6) is 0 Å². The normalized spacial score (nSPS) is 19.4. The third-order valence-electron chi connectivity index (χ3n) is 2.77. The summed E-state index contributed by atoms with van der Waals surface area (Å²) >= 11 is 0. The molecule has 1 aromatic rings. The highest BCUT2D eigenvalue weighted by Crippen LogP contribution is 2.22. The van der Waals surface area contributed by atoms with Crippen molar-refractivity contribution in [3.63, 3.8) is 0 Å². The second kappa shape index (κ2) is 4.51. The highest BCUT2D eigenvalue weighted by atomic mass is 16.3. The Morgan fingerprint density at radius 3 is 2.53 bits per heavy atom. The van der Waals surface area contributed by atoms with E-state index in [4.69, 9.17) is 0 Å². The molecule has 4 heteroatoms. The van der Waals surface area contributed by atoms with Crippen LogP contribution in [0.15, 0.2) is 42.0 Å². The minimum absolute atomic E-state index is 0.394. The molecule has 1 N–H and O–H groups in total. The van der Waals surface area contributed by atoms with Crippen molar-refractivity contribution in [2.24, 2.45) is 0 Å².